The maximum atomic E-state index is 11.9. The number of carbonyl (C=O) groups excluding carboxylic acids is 3. The van der Waals surface area contributed by atoms with Crippen LogP contribution in [0.1, 0.15) is 19.3 Å². The summed E-state index contributed by atoms with van der Waals surface area (Å²) in [4.78, 5) is 35.6. The summed E-state index contributed by atoms with van der Waals surface area (Å²) in [5.74, 6) is -0.907. The van der Waals surface area contributed by atoms with E-state index in [1.807, 2.05) is 0 Å². The lowest BCUT2D eigenvalue weighted by molar-refractivity contribution is -0.137. The van der Waals surface area contributed by atoms with Crippen molar-refractivity contribution in [1.29, 1.82) is 0 Å². The smallest absolute Gasteiger partial charge is 0.240 e. The monoisotopic (exact) mass is 256 g/mol. The van der Waals surface area contributed by atoms with Crippen molar-refractivity contribution >= 4 is 17.7 Å². The van der Waals surface area contributed by atoms with Crippen molar-refractivity contribution < 1.29 is 14.4 Å². The van der Waals surface area contributed by atoms with E-state index in [1.165, 1.54) is 0 Å². The van der Waals surface area contributed by atoms with Gasteiger partial charge in [0.25, 0.3) is 0 Å². The largest absolute Gasteiger partial charge is 0.370 e. The van der Waals surface area contributed by atoms with Crippen LogP contribution in [0.25, 0.3) is 0 Å². The Bertz CT molecular complexity index is 337. The standard InChI is InChI=1S/C11H20N4O3/c1-14-10(17)7-2-4-15(5-3-7)11(18)8(12)6-9(13)16/h7-8H,2-6,12H2,1H3,(H2,13,16)(H,14,17). The molecular weight excluding hydrogens is 236 g/mol. The number of hydrogen-bond donors (Lipinski definition) is 3. The quantitative estimate of drug-likeness (QED) is 0.548. The average molecular weight is 256 g/mol. The average Bonchev–Trinajstić information content (AvgIpc) is 2.36. The third-order valence-corrected chi connectivity index (χ3v) is 3.16. The molecule has 1 atom stereocenters. The summed E-state index contributed by atoms with van der Waals surface area (Å²) >= 11 is 0. The highest BCUT2D eigenvalue weighted by Crippen LogP contribution is 2.17. The highest BCUT2D eigenvalue weighted by atomic mass is 16.2. The van der Waals surface area contributed by atoms with Crippen molar-refractivity contribution in [3.63, 3.8) is 0 Å². The van der Waals surface area contributed by atoms with Gasteiger partial charge < -0.3 is 21.7 Å². The van der Waals surface area contributed by atoms with E-state index >= 15 is 0 Å². The van der Waals surface area contributed by atoms with Gasteiger partial charge in [0, 0.05) is 26.1 Å². The minimum Gasteiger partial charge on any atom is -0.370 e. The molecule has 7 heteroatoms. The lowest BCUT2D eigenvalue weighted by Crippen LogP contribution is -2.49. The molecule has 0 aliphatic carbocycles. The summed E-state index contributed by atoms with van der Waals surface area (Å²) in [6, 6.07) is -0.876. The van der Waals surface area contributed by atoms with E-state index in [0.717, 1.165) is 0 Å². The van der Waals surface area contributed by atoms with Gasteiger partial charge in [0.1, 0.15) is 0 Å². The molecule has 0 bridgehead atoms. The van der Waals surface area contributed by atoms with Gasteiger partial charge >= 0.3 is 0 Å². The topological polar surface area (TPSA) is 119 Å². The minimum atomic E-state index is -0.876. The Labute approximate surface area is 106 Å². The van der Waals surface area contributed by atoms with E-state index in [2.05, 4.69) is 5.32 Å². The number of hydrogen-bond acceptors (Lipinski definition) is 4. The van der Waals surface area contributed by atoms with Crippen LogP contribution in [0, 0.1) is 5.92 Å². The number of likely N-dealkylation sites (tertiary alicyclic amines) is 1. The molecule has 0 spiro atoms. The van der Waals surface area contributed by atoms with Crippen molar-refractivity contribution in [2.24, 2.45) is 17.4 Å². The molecule has 5 N–H and O–H groups in total. The number of primary amides is 1. The molecule has 0 aromatic rings. The number of nitrogens with zero attached hydrogens (tertiary/aromatic N) is 1. The fourth-order valence-corrected chi connectivity index (χ4v) is 2.10. The molecule has 1 unspecified atom stereocenters. The van der Waals surface area contributed by atoms with E-state index in [1.54, 1.807) is 11.9 Å². The number of carbonyl (C=O) groups is 3. The number of nitrogens with one attached hydrogen (secondary N) is 1. The molecule has 1 aliphatic heterocycles. The SMILES string of the molecule is CNC(=O)C1CCN(C(=O)C(N)CC(N)=O)CC1. The maximum Gasteiger partial charge on any atom is 0.240 e. The van der Waals surface area contributed by atoms with Crippen LogP contribution in [0.15, 0.2) is 0 Å². The van der Waals surface area contributed by atoms with Crippen LogP contribution < -0.4 is 16.8 Å². The van der Waals surface area contributed by atoms with Crippen molar-refractivity contribution in [2.75, 3.05) is 20.1 Å². The Morgan fingerprint density at radius 2 is 1.89 bits per heavy atom. The Hall–Kier alpha value is -1.63. The first-order chi connectivity index (χ1) is 8.45. The summed E-state index contributed by atoms with van der Waals surface area (Å²) in [7, 11) is 1.60. The van der Waals surface area contributed by atoms with Crippen LogP contribution >= 0.6 is 0 Å². The zero-order valence-corrected chi connectivity index (χ0v) is 10.5. The van der Waals surface area contributed by atoms with Crippen LogP contribution in [0.2, 0.25) is 0 Å². The molecule has 1 heterocycles. The zero-order valence-electron chi connectivity index (χ0n) is 10.5. The molecular formula is C11H20N4O3. The van der Waals surface area contributed by atoms with Crippen LogP contribution in [0.3, 0.4) is 0 Å². The molecule has 3 amide bonds. The maximum absolute atomic E-state index is 11.9. The first-order valence-corrected chi connectivity index (χ1v) is 6.00. The highest BCUT2D eigenvalue weighted by molar-refractivity contribution is 5.87. The molecule has 7 nitrogen and oxygen atoms in total. The minimum absolute atomic E-state index is 0.00327. The Morgan fingerprint density at radius 3 is 2.33 bits per heavy atom. The molecule has 1 aliphatic rings. The third-order valence-electron chi connectivity index (χ3n) is 3.16. The molecule has 18 heavy (non-hydrogen) atoms. The van der Waals surface area contributed by atoms with E-state index in [4.69, 9.17) is 11.5 Å². The fourth-order valence-electron chi connectivity index (χ4n) is 2.10. The van der Waals surface area contributed by atoms with Crippen LogP contribution in [0.5, 0.6) is 0 Å². The number of piperidine rings is 1. The summed E-state index contributed by atoms with van der Waals surface area (Å²) < 4.78 is 0. The van der Waals surface area contributed by atoms with Gasteiger partial charge in [0.05, 0.1) is 12.5 Å². The van der Waals surface area contributed by atoms with E-state index < -0.39 is 11.9 Å². The molecule has 1 saturated heterocycles. The van der Waals surface area contributed by atoms with Crippen LogP contribution in [0.4, 0.5) is 0 Å². The fraction of sp³-hybridized carbons (Fsp3) is 0.727. The third kappa shape index (κ3) is 3.69. The van der Waals surface area contributed by atoms with Crippen molar-refractivity contribution in [3.05, 3.63) is 0 Å². The highest BCUT2D eigenvalue weighted by Gasteiger charge is 2.29. The van der Waals surface area contributed by atoms with Crippen LogP contribution in [-0.4, -0.2) is 48.8 Å². The van der Waals surface area contributed by atoms with E-state index in [0.29, 0.717) is 25.9 Å². The Balaban J connectivity index is 2.45. The van der Waals surface area contributed by atoms with Gasteiger partial charge in [0.15, 0.2) is 0 Å². The van der Waals surface area contributed by atoms with Crippen LogP contribution in [-0.2, 0) is 14.4 Å². The summed E-state index contributed by atoms with van der Waals surface area (Å²) in [5, 5.41) is 2.60. The van der Waals surface area contributed by atoms with Gasteiger partial charge in [-0.3, -0.25) is 14.4 Å². The van der Waals surface area contributed by atoms with Gasteiger partial charge in [-0.1, -0.05) is 0 Å². The van der Waals surface area contributed by atoms with Gasteiger partial charge in [-0.15, -0.1) is 0 Å². The van der Waals surface area contributed by atoms with Gasteiger partial charge in [-0.25, -0.2) is 0 Å². The molecule has 1 fully saturated rings. The molecule has 0 aromatic heterocycles. The Morgan fingerprint density at radius 1 is 1.33 bits per heavy atom. The van der Waals surface area contributed by atoms with Gasteiger partial charge in [-0.2, -0.15) is 0 Å². The number of nitrogens with two attached hydrogens (primary N) is 2. The molecule has 0 saturated carbocycles. The molecule has 0 radical (unpaired) electrons. The Kier molecular flexibility index (Phi) is 5.08. The summed E-state index contributed by atoms with van der Waals surface area (Å²) in [5.41, 5.74) is 10.6. The van der Waals surface area contributed by atoms with Crippen molar-refractivity contribution in [1.82, 2.24) is 10.2 Å². The first-order valence-electron chi connectivity index (χ1n) is 6.00. The first kappa shape index (κ1) is 14.4. The molecule has 1 rings (SSSR count). The van der Waals surface area contributed by atoms with Crippen molar-refractivity contribution in [3.8, 4) is 0 Å². The summed E-state index contributed by atoms with van der Waals surface area (Å²) in [6.07, 6.45) is 1.09. The second-order valence-electron chi connectivity index (χ2n) is 4.49. The van der Waals surface area contributed by atoms with E-state index in [9.17, 15) is 14.4 Å². The molecule has 0 aromatic carbocycles. The normalized spacial score (nSPS) is 18.2. The summed E-state index contributed by atoms with van der Waals surface area (Å²) in [6.45, 7) is 0.979. The predicted molar refractivity (Wildman–Crippen MR) is 65.2 cm³/mol. The lowest BCUT2D eigenvalue weighted by Gasteiger charge is -2.32. The van der Waals surface area contributed by atoms with Gasteiger partial charge in [-0.05, 0) is 12.8 Å². The molecule has 102 valence electrons. The number of rotatable bonds is 4. The van der Waals surface area contributed by atoms with Gasteiger partial charge in [0.2, 0.25) is 17.7 Å². The predicted octanol–water partition coefficient (Wildman–Crippen LogP) is -1.83. The second kappa shape index (κ2) is 6.34. The lowest BCUT2D eigenvalue weighted by atomic mass is 9.95. The second-order valence-corrected chi connectivity index (χ2v) is 4.49. The zero-order chi connectivity index (χ0) is 13.7. The van der Waals surface area contributed by atoms with Crippen molar-refractivity contribution in [2.45, 2.75) is 25.3 Å². The van der Waals surface area contributed by atoms with E-state index in [-0.39, 0.29) is 24.2 Å². The number of amides is 3.